The number of nitrogens with zero attached hydrogens (tertiary/aromatic N) is 1. The molecule has 2 fully saturated rings. The molecule has 45 valence electrons. The van der Waals surface area contributed by atoms with Crippen LogP contribution in [-0.4, -0.2) is 30.7 Å². The third-order valence-corrected chi connectivity index (χ3v) is 1.77. The van der Waals surface area contributed by atoms with Gasteiger partial charge in [0.2, 0.25) is 0 Å². The lowest BCUT2D eigenvalue weighted by atomic mass is 10.3. The second-order valence-electron chi connectivity index (χ2n) is 2.40. The molecule has 0 aromatic carbocycles. The minimum Gasteiger partial charge on any atom is -0.380 e. The highest BCUT2D eigenvalue weighted by Gasteiger charge is 2.30. The van der Waals surface area contributed by atoms with Gasteiger partial charge in [-0.3, -0.25) is 4.90 Å². The van der Waals surface area contributed by atoms with E-state index < -0.39 is 0 Å². The molecule has 0 aliphatic carbocycles. The predicted molar refractivity (Wildman–Crippen MR) is 30.2 cm³/mol. The van der Waals surface area contributed by atoms with Crippen molar-refractivity contribution in [2.75, 3.05) is 19.8 Å². The van der Waals surface area contributed by atoms with Gasteiger partial charge in [-0.15, -0.1) is 0 Å². The van der Waals surface area contributed by atoms with Crippen molar-refractivity contribution < 1.29 is 4.74 Å². The van der Waals surface area contributed by atoms with Crippen molar-refractivity contribution in [2.24, 2.45) is 0 Å². The van der Waals surface area contributed by atoms with Gasteiger partial charge in [-0.05, 0) is 6.42 Å². The van der Waals surface area contributed by atoms with Gasteiger partial charge in [0.25, 0.3) is 0 Å². The van der Waals surface area contributed by atoms with Gasteiger partial charge in [-0.2, -0.15) is 0 Å². The summed E-state index contributed by atoms with van der Waals surface area (Å²) >= 11 is 0. The summed E-state index contributed by atoms with van der Waals surface area (Å²) in [6.07, 6.45) is 1.23. The highest BCUT2D eigenvalue weighted by atomic mass is 16.5. The molecule has 1 radical (unpaired) electrons. The molecule has 8 heavy (non-hydrogen) atoms. The maximum atomic E-state index is 5.20. The van der Waals surface area contributed by atoms with E-state index in [9.17, 15) is 0 Å². The summed E-state index contributed by atoms with van der Waals surface area (Å²) in [5.74, 6) is 0. The lowest BCUT2D eigenvalue weighted by molar-refractivity contribution is 0.183. The molecule has 2 saturated heterocycles. The Bertz CT molecular complexity index is 84.5. The Labute approximate surface area is 49.4 Å². The van der Waals surface area contributed by atoms with Gasteiger partial charge in [0, 0.05) is 25.7 Å². The Hall–Kier alpha value is -0.0800. The van der Waals surface area contributed by atoms with E-state index in [0.29, 0.717) is 0 Å². The highest BCUT2D eigenvalue weighted by molar-refractivity contribution is 4.94. The molecule has 2 heteroatoms. The van der Waals surface area contributed by atoms with Crippen molar-refractivity contribution in [3.8, 4) is 0 Å². The van der Waals surface area contributed by atoms with Crippen LogP contribution in [0.25, 0.3) is 0 Å². The van der Waals surface area contributed by atoms with Crippen LogP contribution >= 0.6 is 0 Å². The molecular formula is C6H10NO. The Morgan fingerprint density at radius 1 is 1.62 bits per heavy atom. The average molecular weight is 112 g/mol. The van der Waals surface area contributed by atoms with Crippen molar-refractivity contribution >= 4 is 0 Å². The first kappa shape index (κ1) is 4.77. The van der Waals surface area contributed by atoms with Gasteiger partial charge in [0.05, 0.1) is 6.61 Å². The summed E-state index contributed by atoms with van der Waals surface area (Å²) in [5, 5.41) is 0. The van der Waals surface area contributed by atoms with E-state index in [1.165, 1.54) is 13.0 Å². The monoisotopic (exact) mass is 112 g/mol. The van der Waals surface area contributed by atoms with Crippen molar-refractivity contribution in [1.29, 1.82) is 0 Å². The smallest absolute Gasteiger partial charge is 0.0622 e. The maximum absolute atomic E-state index is 5.20. The van der Waals surface area contributed by atoms with Crippen molar-refractivity contribution in [3.05, 3.63) is 6.54 Å². The maximum Gasteiger partial charge on any atom is 0.0622 e. The second kappa shape index (κ2) is 1.71. The minimum atomic E-state index is 0.731. The normalized spacial score (nSPS) is 38.2. The van der Waals surface area contributed by atoms with Crippen LogP contribution in [-0.2, 0) is 4.74 Å². The quantitative estimate of drug-likeness (QED) is 0.451. The lowest BCUT2D eigenvalue weighted by Gasteiger charge is -2.04. The van der Waals surface area contributed by atoms with Crippen LogP contribution in [0.2, 0.25) is 0 Å². The number of hydrogen-bond acceptors (Lipinski definition) is 2. The second-order valence-corrected chi connectivity index (χ2v) is 2.40. The zero-order valence-electron chi connectivity index (χ0n) is 4.84. The summed E-state index contributed by atoms with van der Waals surface area (Å²) in [4.78, 5) is 2.34. The summed E-state index contributed by atoms with van der Waals surface area (Å²) in [6.45, 7) is 5.33. The zero-order valence-corrected chi connectivity index (χ0v) is 4.84. The van der Waals surface area contributed by atoms with E-state index in [4.69, 9.17) is 4.74 Å². The molecule has 2 aliphatic rings. The van der Waals surface area contributed by atoms with Crippen molar-refractivity contribution in [3.63, 3.8) is 0 Å². The Morgan fingerprint density at radius 2 is 2.50 bits per heavy atom. The molecule has 0 saturated carbocycles. The molecule has 0 spiro atoms. The zero-order chi connectivity index (χ0) is 5.40. The molecule has 0 N–H and O–H groups in total. The van der Waals surface area contributed by atoms with Gasteiger partial charge >= 0.3 is 0 Å². The fourth-order valence-electron chi connectivity index (χ4n) is 1.13. The lowest BCUT2D eigenvalue weighted by Crippen LogP contribution is -2.16. The van der Waals surface area contributed by atoms with Crippen LogP contribution in [0.3, 0.4) is 0 Å². The van der Waals surface area contributed by atoms with Gasteiger partial charge in [-0.25, -0.2) is 0 Å². The van der Waals surface area contributed by atoms with Crippen molar-refractivity contribution in [2.45, 2.75) is 12.5 Å². The summed E-state index contributed by atoms with van der Waals surface area (Å²) in [5.41, 5.74) is 0. The summed E-state index contributed by atoms with van der Waals surface area (Å²) in [6, 6.07) is 0.731. The number of ether oxygens (including phenoxy) is 1. The molecule has 2 aliphatic heterocycles. The fourth-order valence-corrected chi connectivity index (χ4v) is 1.13. The van der Waals surface area contributed by atoms with E-state index in [1.54, 1.807) is 0 Å². The molecule has 0 bridgehead atoms. The average Bonchev–Trinajstić information content (AvgIpc) is 2.49. The van der Waals surface area contributed by atoms with Gasteiger partial charge in [0.1, 0.15) is 0 Å². The van der Waals surface area contributed by atoms with E-state index in [1.807, 2.05) is 0 Å². The van der Waals surface area contributed by atoms with Crippen molar-refractivity contribution in [1.82, 2.24) is 4.90 Å². The Morgan fingerprint density at radius 3 is 3.00 bits per heavy atom. The standard InChI is InChI=1S/C6H10NO/c1-4-8-5-6(1)7-2-3-7/h2,6H,1,3-5H2. The topological polar surface area (TPSA) is 12.2 Å². The van der Waals surface area contributed by atoms with Crippen LogP contribution in [0.15, 0.2) is 0 Å². The van der Waals surface area contributed by atoms with Crippen LogP contribution < -0.4 is 0 Å². The molecule has 0 amide bonds. The molecule has 2 heterocycles. The minimum absolute atomic E-state index is 0.731. The fraction of sp³-hybridized carbons (Fsp3) is 0.833. The van der Waals surface area contributed by atoms with E-state index in [2.05, 4.69) is 11.4 Å². The van der Waals surface area contributed by atoms with Crippen LogP contribution in [0.1, 0.15) is 6.42 Å². The molecule has 2 rings (SSSR count). The van der Waals surface area contributed by atoms with E-state index in [0.717, 1.165) is 19.3 Å². The van der Waals surface area contributed by atoms with Gasteiger partial charge in [-0.1, -0.05) is 0 Å². The first-order valence-electron chi connectivity index (χ1n) is 3.13. The molecule has 2 atom stereocenters. The number of hydrogen-bond donors (Lipinski definition) is 0. The first-order chi connectivity index (χ1) is 3.97. The van der Waals surface area contributed by atoms with Crippen LogP contribution in [0, 0.1) is 6.54 Å². The Kier molecular flexibility index (Phi) is 1.02. The van der Waals surface area contributed by atoms with E-state index >= 15 is 0 Å². The third-order valence-electron chi connectivity index (χ3n) is 1.77. The summed E-state index contributed by atoms with van der Waals surface area (Å²) in [7, 11) is 0. The summed E-state index contributed by atoms with van der Waals surface area (Å²) < 4.78 is 5.20. The van der Waals surface area contributed by atoms with E-state index in [-0.39, 0.29) is 0 Å². The SMILES string of the molecule is [CH]1CN1C1CCOC1. The predicted octanol–water partition coefficient (Wildman–Crippen LogP) is 0.253. The molecule has 0 aromatic heterocycles. The molecule has 0 aromatic rings. The largest absolute Gasteiger partial charge is 0.380 e. The molecular weight excluding hydrogens is 102 g/mol. The molecule has 2 unspecified atom stereocenters. The van der Waals surface area contributed by atoms with Crippen LogP contribution in [0.4, 0.5) is 0 Å². The van der Waals surface area contributed by atoms with Gasteiger partial charge in [0.15, 0.2) is 0 Å². The molecule has 2 nitrogen and oxygen atoms in total. The first-order valence-corrected chi connectivity index (χ1v) is 3.13. The van der Waals surface area contributed by atoms with Crippen LogP contribution in [0.5, 0.6) is 0 Å². The number of rotatable bonds is 1. The van der Waals surface area contributed by atoms with Gasteiger partial charge < -0.3 is 4.74 Å². The third kappa shape index (κ3) is 0.740. The highest BCUT2D eigenvalue weighted by Crippen LogP contribution is 2.21. The Balaban J connectivity index is 1.86.